The number of thioether (sulfide) groups is 1. The maximum Gasteiger partial charge on any atom is 0.232 e. The van der Waals surface area contributed by atoms with Gasteiger partial charge in [0, 0.05) is 35.4 Å². The zero-order valence-electron chi connectivity index (χ0n) is 18.7. The number of hydrogen-bond acceptors (Lipinski definition) is 5. The highest BCUT2D eigenvalue weighted by Crippen LogP contribution is 2.24. The van der Waals surface area contributed by atoms with Gasteiger partial charge in [0.15, 0.2) is 0 Å². The summed E-state index contributed by atoms with van der Waals surface area (Å²) < 4.78 is 31.0. The molecule has 0 radical (unpaired) electrons. The first-order valence-electron chi connectivity index (χ1n) is 10.5. The minimum Gasteiger partial charge on any atom is -0.497 e. The summed E-state index contributed by atoms with van der Waals surface area (Å²) in [6, 6.07) is 24.8. The number of methoxy groups -OCH3 is 1. The fraction of sp³-hybridized carbons (Fsp3) is 0.240. The van der Waals surface area contributed by atoms with Crippen LogP contribution in [0, 0.1) is 0 Å². The number of rotatable bonds is 11. The van der Waals surface area contributed by atoms with E-state index in [0.717, 1.165) is 17.7 Å². The van der Waals surface area contributed by atoms with Crippen LogP contribution in [0.3, 0.4) is 0 Å². The van der Waals surface area contributed by atoms with Crippen LogP contribution in [0.1, 0.15) is 18.4 Å². The van der Waals surface area contributed by atoms with Gasteiger partial charge >= 0.3 is 0 Å². The smallest absolute Gasteiger partial charge is 0.232 e. The number of hydrogen-bond donors (Lipinski definition) is 1. The third kappa shape index (κ3) is 7.83. The second-order valence-electron chi connectivity index (χ2n) is 7.49. The Morgan fingerprint density at radius 1 is 1.00 bits per heavy atom. The highest BCUT2D eigenvalue weighted by atomic mass is 32.2. The van der Waals surface area contributed by atoms with E-state index in [2.05, 4.69) is 17.4 Å². The number of anilines is 2. The maximum absolute atomic E-state index is 12.4. The van der Waals surface area contributed by atoms with Crippen LogP contribution in [0.15, 0.2) is 83.8 Å². The number of carbonyl (C=O) groups excluding carboxylic acids is 1. The lowest BCUT2D eigenvalue weighted by Crippen LogP contribution is -2.31. The first kappa shape index (κ1) is 24.7. The molecular weight excluding hydrogens is 456 g/mol. The molecule has 174 valence electrons. The summed E-state index contributed by atoms with van der Waals surface area (Å²) >= 11 is 1.76. The zero-order valence-corrected chi connectivity index (χ0v) is 20.4. The third-order valence-electron chi connectivity index (χ3n) is 4.89. The largest absolute Gasteiger partial charge is 0.497 e. The number of sulfonamides is 1. The van der Waals surface area contributed by atoms with Crippen molar-refractivity contribution in [3.63, 3.8) is 0 Å². The van der Waals surface area contributed by atoms with E-state index in [0.29, 0.717) is 17.9 Å². The molecular formula is C25H28N2O4S2. The molecule has 0 aliphatic heterocycles. The lowest BCUT2D eigenvalue weighted by molar-refractivity contribution is -0.116. The minimum absolute atomic E-state index is 0.152. The van der Waals surface area contributed by atoms with Crippen molar-refractivity contribution in [1.29, 1.82) is 0 Å². The average Bonchev–Trinajstić information content (AvgIpc) is 2.81. The molecule has 0 bridgehead atoms. The molecule has 0 aliphatic rings. The molecule has 0 atom stereocenters. The van der Waals surface area contributed by atoms with Gasteiger partial charge in [0.1, 0.15) is 5.75 Å². The molecule has 1 amide bonds. The van der Waals surface area contributed by atoms with E-state index in [4.69, 9.17) is 4.74 Å². The van der Waals surface area contributed by atoms with E-state index in [1.54, 1.807) is 36.0 Å². The summed E-state index contributed by atoms with van der Waals surface area (Å²) in [6.45, 7) is 0.203. The van der Waals surface area contributed by atoms with E-state index in [1.807, 2.05) is 42.5 Å². The van der Waals surface area contributed by atoms with E-state index in [9.17, 15) is 13.2 Å². The standard InChI is InChI=1S/C25H28N2O4S2/c1-31-23-9-6-8-22(18-23)27(33(2,29)30)17-7-12-25(28)26-21-15-13-20(14-16-21)19-32-24-10-4-3-5-11-24/h3-6,8-11,13-16,18H,7,12,17,19H2,1-2H3,(H,26,28). The molecule has 1 N–H and O–H groups in total. The van der Waals surface area contributed by atoms with Crippen molar-refractivity contribution in [1.82, 2.24) is 0 Å². The quantitative estimate of drug-likeness (QED) is 0.380. The van der Waals surface area contributed by atoms with Gasteiger partial charge in [-0.15, -0.1) is 11.8 Å². The maximum atomic E-state index is 12.4. The van der Waals surface area contributed by atoms with Crippen molar-refractivity contribution in [3.8, 4) is 5.75 Å². The van der Waals surface area contributed by atoms with E-state index in [1.165, 1.54) is 21.9 Å². The Bertz CT molecular complexity index is 1150. The third-order valence-corrected chi connectivity index (χ3v) is 7.17. The summed E-state index contributed by atoms with van der Waals surface area (Å²) in [4.78, 5) is 13.6. The topological polar surface area (TPSA) is 75.7 Å². The molecule has 0 saturated heterocycles. The Morgan fingerprint density at radius 2 is 1.73 bits per heavy atom. The summed E-state index contributed by atoms with van der Waals surface area (Å²) in [5, 5.41) is 2.88. The van der Waals surface area contributed by atoms with Crippen LogP contribution in [0.4, 0.5) is 11.4 Å². The molecule has 0 aromatic heterocycles. The first-order chi connectivity index (χ1) is 15.8. The number of benzene rings is 3. The van der Waals surface area contributed by atoms with Gasteiger partial charge in [0.25, 0.3) is 0 Å². The van der Waals surface area contributed by atoms with Crippen molar-refractivity contribution < 1.29 is 17.9 Å². The van der Waals surface area contributed by atoms with Crippen molar-refractivity contribution >= 4 is 39.1 Å². The predicted octanol–water partition coefficient (Wildman–Crippen LogP) is 5.17. The van der Waals surface area contributed by atoms with Crippen molar-refractivity contribution in [2.45, 2.75) is 23.5 Å². The van der Waals surface area contributed by atoms with Gasteiger partial charge in [-0.2, -0.15) is 0 Å². The summed E-state index contributed by atoms with van der Waals surface area (Å²) in [5.74, 6) is 1.27. The molecule has 3 rings (SSSR count). The number of nitrogens with zero attached hydrogens (tertiary/aromatic N) is 1. The van der Waals surface area contributed by atoms with Crippen LogP contribution >= 0.6 is 11.8 Å². The SMILES string of the molecule is COc1cccc(N(CCCC(=O)Nc2ccc(CSc3ccccc3)cc2)S(C)(=O)=O)c1. The lowest BCUT2D eigenvalue weighted by atomic mass is 10.2. The second kappa shape index (κ2) is 11.8. The van der Waals surface area contributed by atoms with E-state index < -0.39 is 10.0 Å². The Balaban J connectivity index is 1.49. The zero-order chi connectivity index (χ0) is 23.7. The van der Waals surface area contributed by atoms with Gasteiger partial charge < -0.3 is 10.1 Å². The molecule has 0 unspecified atom stereocenters. The molecule has 0 heterocycles. The van der Waals surface area contributed by atoms with Gasteiger partial charge in [0.05, 0.1) is 19.1 Å². The van der Waals surface area contributed by atoms with Gasteiger partial charge in [-0.1, -0.05) is 36.4 Å². The summed E-state index contributed by atoms with van der Waals surface area (Å²) in [6.07, 6.45) is 1.76. The first-order valence-corrected chi connectivity index (χ1v) is 13.4. The van der Waals surface area contributed by atoms with Crippen molar-refractivity contribution in [3.05, 3.63) is 84.4 Å². The molecule has 8 heteroatoms. The molecule has 0 fully saturated rings. The van der Waals surface area contributed by atoms with Gasteiger partial charge in [-0.25, -0.2) is 8.42 Å². The molecule has 0 spiro atoms. The molecule has 3 aromatic carbocycles. The number of nitrogens with one attached hydrogen (secondary N) is 1. The average molecular weight is 485 g/mol. The van der Waals surface area contributed by atoms with Crippen LogP contribution in [-0.4, -0.2) is 34.2 Å². The van der Waals surface area contributed by atoms with Crippen LogP contribution in [-0.2, 0) is 20.6 Å². The monoisotopic (exact) mass is 484 g/mol. The van der Waals surface area contributed by atoms with Crippen LogP contribution in [0.2, 0.25) is 0 Å². The minimum atomic E-state index is -3.49. The van der Waals surface area contributed by atoms with Crippen LogP contribution < -0.4 is 14.4 Å². The van der Waals surface area contributed by atoms with Gasteiger partial charge in [-0.05, 0) is 48.4 Å². The fourth-order valence-corrected chi connectivity index (χ4v) is 5.06. The Kier molecular flexibility index (Phi) is 8.79. The van der Waals surface area contributed by atoms with Gasteiger partial charge in [-0.3, -0.25) is 9.10 Å². The highest BCUT2D eigenvalue weighted by Gasteiger charge is 2.18. The summed E-state index contributed by atoms with van der Waals surface area (Å²) in [7, 11) is -1.96. The Morgan fingerprint density at radius 3 is 2.39 bits per heavy atom. The molecule has 33 heavy (non-hydrogen) atoms. The van der Waals surface area contributed by atoms with Crippen molar-refractivity contribution in [2.24, 2.45) is 0 Å². The molecule has 0 aliphatic carbocycles. The molecule has 0 saturated carbocycles. The lowest BCUT2D eigenvalue weighted by Gasteiger charge is -2.22. The van der Waals surface area contributed by atoms with Crippen LogP contribution in [0.25, 0.3) is 0 Å². The molecule has 6 nitrogen and oxygen atoms in total. The summed E-state index contributed by atoms with van der Waals surface area (Å²) in [5.41, 5.74) is 2.41. The normalized spacial score (nSPS) is 11.1. The predicted molar refractivity (Wildman–Crippen MR) is 135 cm³/mol. The van der Waals surface area contributed by atoms with E-state index >= 15 is 0 Å². The number of amides is 1. The second-order valence-corrected chi connectivity index (χ2v) is 10.4. The van der Waals surface area contributed by atoms with E-state index in [-0.39, 0.29) is 18.9 Å². The Labute approximate surface area is 200 Å². The highest BCUT2D eigenvalue weighted by molar-refractivity contribution is 7.98. The Hall–Kier alpha value is -2.97. The number of ether oxygens (including phenoxy) is 1. The van der Waals surface area contributed by atoms with Gasteiger partial charge in [0.2, 0.25) is 15.9 Å². The number of carbonyl (C=O) groups is 1. The fourth-order valence-electron chi connectivity index (χ4n) is 3.23. The van der Waals surface area contributed by atoms with Crippen molar-refractivity contribution in [2.75, 3.05) is 29.5 Å². The molecule has 3 aromatic rings. The van der Waals surface area contributed by atoms with Crippen LogP contribution in [0.5, 0.6) is 5.75 Å².